The van der Waals surface area contributed by atoms with Crippen molar-refractivity contribution in [1.29, 1.82) is 0 Å². The summed E-state index contributed by atoms with van der Waals surface area (Å²) in [7, 11) is 1.31. The van der Waals surface area contributed by atoms with E-state index >= 15 is 0 Å². The van der Waals surface area contributed by atoms with Crippen LogP contribution < -0.4 is 29.6 Å². The molecule has 0 heterocycles. The van der Waals surface area contributed by atoms with Crippen molar-refractivity contribution < 1.29 is 38.0 Å². The molecule has 0 amide bonds. The second-order valence-corrected chi connectivity index (χ2v) is 3.82. The zero-order chi connectivity index (χ0) is 7.21. The van der Waals surface area contributed by atoms with E-state index in [1.54, 1.807) is 0 Å². The minimum Gasteiger partial charge on any atom is -0.373 e. The Morgan fingerprint density at radius 3 is 1.44 bits per heavy atom. The Bertz CT molecular complexity index is 162. The zero-order valence-electron chi connectivity index (χ0n) is 4.94. The Morgan fingerprint density at radius 1 is 1.44 bits per heavy atom. The normalized spacial score (nSPS) is 7.33. The van der Waals surface area contributed by atoms with Gasteiger partial charge in [0.2, 0.25) is 9.05 Å². The molecule has 0 radical (unpaired) electrons. The first-order chi connectivity index (χ1) is 3.41. The van der Waals surface area contributed by atoms with Crippen LogP contribution in [0.1, 0.15) is 0 Å². The van der Waals surface area contributed by atoms with Crippen LogP contribution in [-0.4, -0.2) is 14.7 Å². The summed E-state index contributed by atoms with van der Waals surface area (Å²) < 4.78 is 18.8. The van der Waals surface area contributed by atoms with Gasteiger partial charge in [-0.25, -0.2) is 8.42 Å². The molecule has 0 aromatic carbocycles. The van der Waals surface area contributed by atoms with E-state index in [-0.39, 0.29) is 29.6 Å². The third-order valence-electron chi connectivity index (χ3n) is 0. The maximum Gasteiger partial charge on any atom is 1.00 e. The molecule has 0 aliphatic rings. The van der Waals surface area contributed by atoms with E-state index in [0.29, 0.717) is 0 Å². The SMILES string of the molecule is CS(=O)(=O)Cl.[N-]=[N+]=[N-].[Na+]. The van der Waals surface area contributed by atoms with Crippen molar-refractivity contribution in [3.8, 4) is 0 Å². The smallest absolute Gasteiger partial charge is 0.373 e. The second-order valence-electron chi connectivity index (χ2n) is 0.771. The summed E-state index contributed by atoms with van der Waals surface area (Å²) in [6, 6.07) is 0. The van der Waals surface area contributed by atoms with E-state index in [1.807, 2.05) is 0 Å². The Hall–Kier alpha value is 0.550. The summed E-state index contributed by atoms with van der Waals surface area (Å²) in [6.45, 7) is 0. The number of hydrogen-bond donors (Lipinski definition) is 0. The topological polar surface area (TPSA) is 92.8 Å². The minimum absolute atomic E-state index is 0. The van der Waals surface area contributed by atoms with E-state index in [0.717, 1.165) is 6.26 Å². The Kier molecular flexibility index (Phi) is 15.5. The minimum atomic E-state index is -3.19. The van der Waals surface area contributed by atoms with Crippen molar-refractivity contribution >= 4 is 19.7 Å². The Labute approximate surface area is 79.5 Å². The summed E-state index contributed by atoms with van der Waals surface area (Å²) >= 11 is 0. The van der Waals surface area contributed by atoms with Gasteiger partial charge in [-0.1, -0.05) is 0 Å². The fraction of sp³-hybridized carbons (Fsp3) is 1.00. The van der Waals surface area contributed by atoms with Crippen molar-refractivity contribution in [1.82, 2.24) is 0 Å². The van der Waals surface area contributed by atoms with Gasteiger partial charge in [0.1, 0.15) is 0 Å². The van der Waals surface area contributed by atoms with Crippen LogP contribution in [-0.2, 0) is 9.05 Å². The summed E-state index contributed by atoms with van der Waals surface area (Å²) in [5.74, 6) is 0. The van der Waals surface area contributed by atoms with Crippen LogP contribution in [0.3, 0.4) is 0 Å². The number of nitrogens with zero attached hydrogens (tertiary/aromatic N) is 3. The van der Waals surface area contributed by atoms with Gasteiger partial charge in [-0.3, -0.25) is 4.91 Å². The molecule has 0 bridgehead atoms. The molecule has 0 aliphatic carbocycles. The van der Waals surface area contributed by atoms with Crippen molar-refractivity contribution in [2.24, 2.45) is 0 Å². The van der Waals surface area contributed by atoms with Gasteiger partial charge in [-0.05, 0) is 0 Å². The van der Waals surface area contributed by atoms with Crippen molar-refractivity contribution in [2.45, 2.75) is 0 Å². The average molecular weight is 180 g/mol. The molecule has 5 nitrogen and oxygen atoms in total. The fourth-order valence-electron chi connectivity index (χ4n) is 0. The van der Waals surface area contributed by atoms with Gasteiger partial charge in [0, 0.05) is 10.7 Å². The number of hydrogen-bond acceptors (Lipinski definition) is 2. The molecule has 8 heteroatoms. The van der Waals surface area contributed by atoms with Crippen molar-refractivity contribution in [3.63, 3.8) is 0 Å². The molecule has 9 heavy (non-hydrogen) atoms. The molecule has 0 spiro atoms. The van der Waals surface area contributed by atoms with Crippen molar-refractivity contribution in [2.75, 3.05) is 6.26 Å². The Balaban J connectivity index is -0.0000000800. The average Bonchev–Trinajstić information content (AvgIpc) is 1.27. The quantitative estimate of drug-likeness (QED) is 0.142. The van der Waals surface area contributed by atoms with E-state index in [4.69, 9.17) is 11.1 Å². The van der Waals surface area contributed by atoms with Gasteiger partial charge in [0.25, 0.3) is 0 Å². The molecule has 0 N–H and O–H groups in total. The predicted octanol–water partition coefficient (Wildman–Crippen LogP) is -1.95. The summed E-state index contributed by atoms with van der Waals surface area (Å²) in [5, 5.41) is 0. The van der Waals surface area contributed by atoms with Gasteiger partial charge in [-0.2, -0.15) is 0 Å². The van der Waals surface area contributed by atoms with Crippen LogP contribution >= 0.6 is 10.7 Å². The zero-order valence-corrected chi connectivity index (χ0v) is 8.52. The molecule has 0 aromatic heterocycles. The van der Waals surface area contributed by atoms with E-state index < -0.39 is 9.05 Å². The molecule has 0 aliphatic heterocycles. The third kappa shape index (κ3) is 1210. The predicted molar refractivity (Wildman–Crippen MR) is 30.8 cm³/mol. The Morgan fingerprint density at radius 2 is 1.44 bits per heavy atom. The van der Waals surface area contributed by atoms with Gasteiger partial charge >= 0.3 is 29.6 Å². The van der Waals surface area contributed by atoms with E-state index in [2.05, 4.69) is 10.7 Å². The number of halogens is 1. The fourth-order valence-corrected chi connectivity index (χ4v) is 0. The van der Waals surface area contributed by atoms with Crippen LogP contribution in [0.2, 0.25) is 0 Å². The molecule has 0 unspecified atom stereocenters. The van der Waals surface area contributed by atoms with Crippen LogP contribution in [0.25, 0.3) is 16.0 Å². The van der Waals surface area contributed by atoms with Gasteiger partial charge in [-0.15, -0.1) is 0 Å². The molecule has 0 rings (SSSR count). The maximum absolute atomic E-state index is 9.40. The molecule has 0 aromatic rings. The van der Waals surface area contributed by atoms with E-state index in [9.17, 15) is 8.42 Å². The van der Waals surface area contributed by atoms with Crippen LogP contribution in [0.4, 0.5) is 0 Å². The number of rotatable bonds is 0. The van der Waals surface area contributed by atoms with E-state index in [1.165, 1.54) is 4.91 Å². The van der Waals surface area contributed by atoms with Crippen LogP contribution in [0.5, 0.6) is 0 Å². The summed E-state index contributed by atoms with van der Waals surface area (Å²) in [4.78, 5) is 1.50. The van der Waals surface area contributed by atoms with Gasteiger partial charge in [0.05, 0.1) is 6.26 Å². The monoisotopic (exact) mass is 179 g/mol. The largest absolute Gasteiger partial charge is 1.00 e. The summed E-state index contributed by atoms with van der Waals surface area (Å²) in [6.07, 6.45) is 0.925. The van der Waals surface area contributed by atoms with Gasteiger partial charge < -0.3 is 11.1 Å². The van der Waals surface area contributed by atoms with Crippen molar-refractivity contribution in [3.05, 3.63) is 16.0 Å². The molecular weight excluding hydrogens is 177 g/mol. The first kappa shape index (κ1) is 16.3. The molecular formula is CH3ClN3NaO2S. The maximum atomic E-state index is 9.40. The molecule has 0 saturated carbocycles. The molecule has 0 fully saturated rings. The van der Waals surface area contributed by atoms with Crippen LogP contribution in [0, 0.1) is 0 Å². The first-order valence-corrected chi connectivity index (χ1v) is 4.01. The summed E-state index contributed by atoms with van der Waals surface area (Å²) in [5.41, 5.74) is 13.5. The molecule has 48 valence electrons. The molecule has 0 atom stereocenters. The third-order valence-corrected chi connectivity index (χ3v) is 0. The standard InChI is InChI=1S/CH3ClO2S.N3.Na/c1-5(2,3)4;1-3-2;/h1H3;;/q;-1;+1. The second kappa shape index (κ2) is 8.55. The molecule has 0 saturated heterocycles. The van der Waals surface area contributed by atoms with Gasteiger partial charge in [0.15, 0.2) is 0 Å². The first-order valence-electron chi connectivity index (χ1n) is 1.30. The van der Waals surface area contributed by atoms with Crippen LogP contribution in [0.15, 0.2) is 0 Å².